The predicted molar refractivity (Wildman–Crippen MR) is 131 cm³/mol. The minimum Gasteiger partial charge on any atom is -0.495 e. The highest BCUT2D eigenvalue weighted by Crippen LogP contribution is 2.33. The molecule has 0 bridgehead atoms. The molecule has 1 fully saturated rings. The Morgan fingerprint density at radius 2 is 1.89 bits per heavy atom. The van der Waals surface area contributed by atoms with E-state index in [0.717, 1.165) is 0 Å². The number of imidazole rings is 1. The second-order valence-electron chi connectivity index (χ2n) is 8.47. The molecule has 0 saturated carbocycles. The normalized spacial score (nSPS) is 16.9. The van der Waals surface area contributed by atoms with E-state index in [1.807, 2.05) is 4.57 Å². The van der Waals surface area contributed by atoms with E-state index in [4.69, 9.17) is 4.74 Å². The number of para-hydroxylation sites is 2. The largest absolute Gasteiger partial charge is 0.495 e. The summed E-state index contributed by atoms with van der Waals surface area (Å²) in [6, 6.07) is 14.3. The molecule has 4 aromatic rings. The number of carbonyl (C=O) groups excluding carboxylic acids is 1. The number of hydrogen-bond acceptors (Lipinski definition) is 6. The van der Waals surface area contributed by atoms with Gasteiger partial charge in [0, 0.05) is 5.56 Å². The molecule has 8 nitrogen and oxygen atoms in total. The number of rotatable bonds is 5. The van der Waals surface area contributed by atoms with Gasteiger partial charge in [0.25, 0.3) is 5.91 Å². The topological polar surface area (TPSA) is 103 Å². The number of fused-ring (bicyclic) bond motifs is 1. The average molecular weight is 495 g/mol. The van der Waals surface area contributed by atoms with Crippen LogP contribution in [-0.4, -0.2) is 47.5 Å². The van der Waals surface area contributed by atoms with E-state index in [2.05, 4.69) is 15.3 Å². The summed E-state index contributed by atoms with van der Waals surface area (Å²) >= 11 is 0. The van der Waals surface area contributed by atoms with E-state index in [1.54, 1.807) is 49.4 Å². The van der Waals surface area contributed by atoms with Gasteiger partial charge in [-0.3, -0.25) is 4.79 Å². The molecule has 3 heterocycles. The highest BCUT2D eigenvalue weighted by atomic mass is 32.2. The van der Waals surface area contributed by atoms with Crippen molar-refractivity contribution in [1.29, 1.82) is 0 Å². The number of amides is 1. The van der Waals surface area contributed by atoms with Gasteiger partial charge < -0.3 is 14.6 Å². The van der Waals surface area contributed by atoms with Crippen molar-refractivity contribution in [2.24, 2.45) is 0 Å². The zero-order valence-electron chi connectivity index (χ0n) is 19.2. The lowest BCUT2D eigenvalue weighted by Gasteiger charge is -2.15. The Labute approximate surface area is 201 Å². The number of nitrogens with zero attached hydrogens (tertiary/aromatic N) is 3. The van der Waals surface area contributed by atoms with E-state index < -0.39 is 15.7 Å². The van der Waals surface area contributed by atoms with Crippen molar-refractivity contribution < 1.29 is 22.3 Å². The molecular formula is C25H23FN4O4S. The second-order valence-corrected chi connectivity index (χ2v) is 10.7. The Morgan fingerprint density at radius 3 is 2.57 bits per heavy atom. The van der Waals surface area contributed by atoms with Crippen LogP contribution in [0.4, 0.5) is 10.1 Å². The van der Waals surface area contributed by atoms with Crippen LogP contribution in [0, 0.1) is 12.7 Å². The maximum absolute atomic E-state index is 13.6. The fraction of sp³-hybridized carbons (Fsp3) is 0.240. The zero-order chi connectivity index (χ0) is 24.7. The molecule has 1 atom stereocenters. The number of methoxy groups -OCH3 is 1. The van der Waals surface area contributed by atoms with Gasteiger partial charge in [-0.05, 0) is 55.8 Å². The minimum absolute atomic E-state index is 0.0102. The second kappa shape index (κ2) is 8.77. The molecule has 35 heavy (non-hydrogen) atoms. The highest BCUT2D eigenvalue weighted by molar-refractivity contribution is 7.91. The average Bonchev–Trinajstić information content (AvgIpc) is 3.36. The number of hydrogen-bond donors (Lipinski definition) is 1. The number of sulfone groups is 1. The molecule has 180 valence electrons. The van der Waals surface area contributed by atoms with Crippen molar-refractivity contribution in [2.75, 3.05) is 23.9 Å². The van der Waals surface area contributed by atoms with Crippen molar-refractivity contribution in [3.05, 3.63) is 71.9 Å². The lowest BCUT2D eigenvalue weighted by molar-refractivity contribution is 0.102. The first-order valence-electron chi connectivity index (χ1n) is 11.1. The van der Waals surface area contributed by atoms with Crippen molar-refractivity contribution in [3.8, 4) is 17.0 Å². The number of carbonyl (C=O) groups is 1. The molecule has 0 spiro atoms. The van der Waals surface area contributed by atoms with Crippen LogP contribution in [0.2, 0.25) is 0 Å². The molecule has 2 aromatic heterocycles. The predicted octanol–water partition coefficient (Wildman–Crippen LogP) is 4.17. The van der Waals surface area contributed by atoms with Gasteiger partial charge in [-0.2, -0.15) is 0 Å². The Hall–Kier alpha value is -3.79. The third-order valence-corrected chi connectivity index (χ3v) is 7.89. The summed E-state index contributed by atoms with van der Waals surface area (Å²) < 4.78 is 45.1. The molecule has 1 saturated heterocycles. The van der Waals surface area contributed by atoms with Crippen molar-refractivity contribution in [2.45, 2.75) is 19.4 Å². The van der Waals surface area contributed by atoms with Gasteiger partial charge in [0.1, 0.15) is 22.9 Å². The van der Waals surface area contributed by atoms with Crippen LogP contribution in [0.5, 0.6) is 5.75 Å². The fourth-order valence-electron chi connectivity index (χ4n) is 4.50. The van der Waals surface area contributed by atoms with Crippen LogP contribution < -0.4 is 10.1 Å². The SMILES string of the molecule is COc1ccccc1NC(=O)c1nc(-c2ccc(F)cc2)cc2c1nc(C)n2C1CCS(=O)(=O)C1. The van der Waals surface area contributed by atoms with Crippen molar-refractivity contribution in [3.63, 3.8) is 0 Å². The minimum atomic E-state index is -3.15. The number of nitrogens with one attached hydrogen (secondary N) is 1. The monoisotopic (exact) mass is 494 g/mol. The van der Waals surface area contributed by atoms with Gasteiger partial charge in [-0.25, -0.2) is 22.8 Å². The van der Waals surface area contributed by atoms with Crippen LogP contribution in [-0.2, 0) is 9.84 Å². The number of pyridine rings is 1. The number of benzene rings is 2. The number of aryl methyl sites for hydroxylation is 1. The number of aromatic nitrogens is 3. The zero-order valence-corrected chi connectivity index (χ0v) is 20.0. The van der Waals surface area contributed by atoms with Crippen LogP contribution in [0.1, 0.15) is 28.8 Å². The van der Waals surface area contributed by atoms with E-state index in [1.165, 1.54) is 19.2 Å². The summed E-state index contributed by atoms with van der Waals surface area (Å²) in [5.74, 6) is 0.314. The van der Waals surface area contributed by atoms with E-state index in [0.29, 0.717) is 46.0 Å². The summed E-state index contributed by atoms with van der Waals surface area (Å²) in [5.41, 5.74) is 2.58. The quantitative estimate of drug-likeness (QED) is 0.447. The summed E-state index contributed by atoms with van der Waals surface area (Å²) in [7, 11) is -1.64. The van der Waals surface area contributed by atoms with Crippen LogP contribution in [0.3, 0.4) is 0 Å². The van der Waals surface area contributed by atoms with Gasteiger partial charge in [0.2, 0.25) is 0 Å². The molecule has 5 rings (SSSR count). The maximum Gasteiger partial charge on any atom is 0.276 e. The molecule has 2 aromatic carbocycles. The Kier molecular flexibility index (Phi) is 5.76. The first kappa shape index (κ1) is 23.0. The molecule has 1 aliphatic rings. The lowest BCUT2D eigenvalue weighted by Crippen LogP contribution is -2.16. The third-order valence-electron chi connectivity index (χ3n) is 6.14. The number of anilines is 1. The third kappa shape index (κ3) is 4.37. The first-order chi connectivity index (χ1) is 16.8. The van der Waals surface area contributed by atoms with Crippen molar-refractivity contribution >= 4 is 32.5 Å². The van der Waals surface area contributed by atoms with Crippen LogP contribution >= 0.6 is 0 Å². The molecule has 0 aliphatic carbocycles. The van der Waals surface area contributed by atoms with Gasteiger partial charge in [-0.15, -0.1) is 0 Å². The maximum atomic E-state index is 13.6. The summed E-state index contributed by atoms with van der Waals surface area (Å²) in [4.78, 5) is 22.7. The first-order valence-corrected chi connectivity index (χ1v) is 12.9. The van der Waals surface area contributed by atoms with Gasteiger partial charge in [0.15, 0.2) is 15.5 Å². The fourth-order valence-corrected chi connectivity index (χ4v) is 6.20. The molecule has 1 N–H and O–H groups in total. The van der Waals surface area contributed by atoms with Gasteiger partial charge >= 0.3 is 0 Å². The van der Waals surface area contributed by atoms with Crippen molar-refractivity contribution in [1.82, 2.24) is 14.5 Å². The summed E-state index contributed by atoms with van der Waals surface area (Å²) in [6.45, 7) is 1.78. The Morgan fingerprint density at radius 1 is 1.14 bits per heavy atom. The molecule has 0 radical (unpaired) electrons. The molecular weight excluding hydrogens is 471 g/mol. The molecule has 1 amide bonds. The molecule has 1 aliphatic heterocycles. The summed E-state index contributed by atoms with van der Waals surface area (Å²) in [6.07, 6.45) is 0.464. The van der Waals surface area contributed by atoms with Gasteiger partial charge in [-0.1, -0.05) is 12.1 Å². The highest BCUT2D eigenvalue weighted by Gasteiger charge is 2.32. The molecule has 1 unspecified atom stereocenters. The van der Waals surface area contributed by atoms with E-state index in [-0.39, 0.29) is 29.1 Å². The Balaban J connectivity index is 1.68. The molecule has 10 heteroatoms. The number of ether oxygens (including phenoxy) is 1. The summed E-state index contributed by atoms with van der Waals surface area (Å²) in [5, 5.41) is 2.84. The number of halogens is 1. The van der Waals surface area contributed by atoms with E-state index >= 15 is 0 Å². The van der Waals surface area contributed by atoms with E-state index in [9.17, 15) is 17.6 Å². The Bertz CT molecular complexity index is 1550. The van der Waals surface area contributed by atoms with Crippen LogP contribution in [0.25, 0.3) is 22.3 Å². The van der Waals surface area contributed by atoms with Gasteiger partial charge in [0.05, 0.1) is 41.6 Å². The smallest absolute Gasteiger partial charge is 0.276 e. The standard InChI is InChI=1S/C25H23FN4O4S/c1-15-27-23-21(30(15)18-11-12-35(32,33)14-18)13-20(16-7-9-17(26)10-8-16)28-24(23)25(31)29-19-5-3-4-6-22(19)34-2/h3-10,13,18H,11-12,14H2,1-2H3,(H,29,31). The lowest BCUT2D eigenvalue weighted by atomic mass is 10.1. The van der Waals surface area contributed by atoms with Crippen LogP contribution in [0.15, 0.2) is 54.6 Å².